The van der Waals surface area contributed by atoms with Gasteiger partial charge in [0.1, 0.15) is 5.65 Å². The van der Waals surface area contributed by atoms with Gasteiger partial charge < -0.3 is 15.4 Å². The van der Waals surface area contributed by atoms with Crippen LogP contribution in [0.4, 0.5) is 0 Å². The predicted molar refractivity (Wildman–Crippen MR) is 77.1 cm³/mol. The molecule has 5 heteroatoms. The Morgan fingerprint density at radius 3 is 3.21 bits per heavy atom. The molecule has 19 heavy (non-hydrogen) atoms. The highest BCUT2D eigenvalue weighted by molar-refractivity contribution is 7.07. The molecule has 1 unspecified atom stereocenters. The van der Waals surface area contributed by atoms with Crippen LogP contribution >= 0.6 is 11.3 Å². The molecule has 0 bridgehead atoms. The summed E-state index contributed by atoms with van der Waals surface area (Å²) in [6, 6.07) is 5.93. The summed E-state index contributed by atoms with van der Waals surface area (Å²) in [6.07, 6.45) is 3.28. The summed E-state index contributed by atoms with van der Waals surface area (Å²) in [5.41, 5.74) is 3.04. The Kier molecular flexibility index (Phi) is 3.59. The van der Waals surface area contributed by atoms with Crippen LogP contribution in [0.3, 0.4) is 0 Å². The van der Waals surface area contributed by atoms with Gasteiger partial charge >= 0.3 is 0 Å². The van der Waals surface area contributed by atoms with Crippen LogP contribution in [0.1, 0.15) is 17.2 Å². The first-order valence-corrected chi connectivity index (χ1v) is 7.11. The first kappa shape index (κ1) is 12.3. The average Bonchev–Trinajstić information content (AvgIpc) is 3.08. The number of thiophene rings is 1. The van der Waals surface area contributed by atoms with Gasteiger partial charge in [0.05, 0.1) is 6.10 Å². The van der Waals surface area contributed by atoms with Crippen LogP contribution in [0, 0.1) is 0 Å². The Balaban J connectivity index is 1.61. The van der Waals surface area contributed by atoms with Gasteiger partial charge in [-0.05, 0) is 40.1 Å². The van der Waals surface area contributed by atoms with Crippen molar-refractivity contribution in [2.45, 2.75) is 12.6 Å². The summed E-state index contributed by atoms with van der Waals surface area (Å²) >= 11 is 1.60. The van der Waals surface area contributed by atoms with Crippen molar-refractivity contribution < 1.29 is 5.11 Å². The third-order valence-corrected chi connectivity index (χ3v) is 3.82. The Morgan fingerprint density at radius 1 is 1.42 bits per heavy atom. The standard InChI is InChI=1S/C14H15N3OS/c18-13(10-3-5-19-9-10)8-15-6-11-7-17-14-12(11)2-1-4-16-14/h1-5,7,9,13,15,18H,6,8H2,(H,16,17). The van der Waals surface area contributed by atoms with E-state index in [4.69, 9.17) is 0 Å². The maximum absolute atomic E-state index is 9.98. The highest BCUT2D eigenvalue weighted by Gasteiger charge is 2.08. The molecule has 0 aliphatic heterocycles. The number of aromatic nitrogens is 2. The molecule has 0 radical (unpaired) electrons. The first-order chi connectivity index (χ1) is 9.34. The molecule has 0 aliphatic rings. The molecule has 3 aromatic heterocycles. The highest BCUT2D eigenvalue weighted by atomic mass is 32.1. The zero-order chi connectivity index (χ0) is 13.1. The number of aliphatic hydroxyl groups excluding tert-OH is 1. The molecule has 0 fully saturated rings. The van der Waals surface area contributed by atoms with E-state index in [0.717, 1.165) is 16.6 Å². The molecule has 0 aliphatic carbocycles. The van der Waals surface area contributed by atoms with Gasteiger partial charge in [-0.15, -0.1) is 0 Å². The molecular formula is C14H15N3OS. The van der Waals surface area contributed by atoms with Crippen LogP contribution < -0.4 is 5.32 Å². The van der Waals surface area contributed by atoms with Crippen LogP contribution in [0.15, 0.2) is 41.4 Å². The average molecular weight is 273 g/mol. The van der Waals surface area contributed by atoms with E-state index >= 15 is 0 Å². The molecule has 0 aromatic carbocycles. The largest absolute Gasteiger partial charge is 0.387 e. The SMILES string of the molecule is OC(CNCc1c[nH]c2ncccc12)c1ccsc1. The van der Waals surface area contributed by atoms with Crippen molar-refractivity contribution in [3.05, 3.63) is 52.5 Å². The molecule has 0 saturated heterocycles. The number of aliphatic hydroxyl groups is 1. The van der Waals surface area contributed by atoms with E-state index in [-0.39, 0.29) is 0 Å². The van der Waals surface area contributed by atoms with Gasteiger partial charge in [0.2, 0.25) is 0 Å². The van der Waals surface area contributed by atoms with E-state index in [0.29, 0.717) is 13.1 Å². The fourth-order valence-electron chi connectivity index (χ4n) is 2.08. The summed E-state index contributed by atoms with van der Waals surface area (Å²) < 4.78 is 0. The number of nitrogens with one attached hydrogen (secondary N) is 2. The second-order valence-electron chi connectivity index (χ2n) is 4.42. The van der Waals surface area contributed by atoms with E-state index in [2.05, 4.69) is 15.3 Å². The first-order valence-electron chi connectivity index (χ1n) is 6.16. The number of fused-ring (bicyclic) bond motifs is 1. The van der Waals surface area contributed by atoms with E-state index in [1.165, 1.54) is 5.56 Å². The van der Waals surface area contributed by atoms with Crippen molar-refractivity contribution >= 4 is 22.4 Å². The summed E-state index contributed by atoms with van der Waals surface area (Å²) in [5, 5.41) is 18.3. The second kappa shape index (κ2) is 5.52. The molecule has 0 amide bonds. The molecule has 4 nitrogen and oxygen atoms in total. The molecule has 3 N–H and O–H groups in total. The van der Waals surface area contributed by atoms with Gasteiger partial charge in [0, 0.05) is 30.9 Å². The van der Waals surface area contributed by atoms with Gasteiger partial charge in [-0.2, -0.15) is 11.3 Å². The minimum absolute atomic E-state index is 0.449. The monoisotopic (exact) mass is 273 g/mol. The van der Waals surface area contributed by atoms with Crippen molar-refractivity contribution in [3.8, 4) is 0 Å². The molecule has 3 heterocycles. The number of H-pyrrole nitrogens is 1. The smallest absolute Gasteiger partial charge is 0.137 e. The van der Waals surface area contributed by atoms with Crippen molar-refractivity contribution in [1.82, 2.24) is 15.3 Å². The lowest BCUT2D eigenvalue weighted by Gasteiger charge is -2.09. The maximum Gasteiger partial charge on any atom is 0.137 e. The number of hydrogen-bond donors (Lipinski definition) is 3. The van der Waals surface area contributed by atoms with Gasteiger partial charge in [0.15, 0.2) is 0 Å². The quantitative estimate of drug-likeness (QED) is 0.669. The van der Waals surface area contributed by atoms with Crippen LogP contribution in [-0.4, -0.2) is 21.6 Å². The van der Waals surface area contributed by atoms with Gasteiger partial charge in [0.25, 0.3) is 0 Å². The van der Waals surface area contributed by atoms with Gasteiger partial charge in [-0.25, -0.2) is 4.98 Å². The lowest BCUT2D eigenvalue weighted by atomic mass is 10.2. The predicted octanol–water partition coefficient (Wildman–Crippen LogP) is 2.45. The molecule has 3 aromatic rings. The maximum atomic E-state index is 9.98. The van der Waals surface area contributed by atoms with Crippen molar-refractivity contribution in [2.24, 2.45) is 0 Å². The molecule has 0 spiro atoms. The van der Waals surface area contributed by atoms with E-state index < -0.39 is 6.10 Å². The number of hydrogen-bond acceptors (Lipinski definition) is 4. The van der Waals surface area contributed by atoms with E-state index in [1.54, 1.807) is 17.5 Å². The Hall–Kier alpha value is -1.69. The lowest BCUT2D eigenvalue weighted by Crippen LogP contribution is -2.20. The van der Waals surface area contributed by atoms with Crippen LogP contribution in [-0.2, 0) is 6.54 Å². The summed E-state index contributed by atoms with van der Waals surface area (Å²) in [4.78, 5) is 7.40. The zero-order valence-electron chi connectivity index (χ0n) is 10.3. The Morgan fingerprint density at radius 2 is 2.37 bits per heavy atom. The number of rotatable bonds is 5. The minimum Gasteiger partial charge on any atom is -0.387 e. The molecule has 0 saturated carbocycles. The fourth-order valence-corrected chi connectivity index (χ4v) is 2.79. The summed E-state index contributed by atoms with van der Waals surface area (Å²) in [6.45, 7) is 1.26. The molecular weight excluding hydrogens is 258 g/mol. The minimum atomic E-state index is -0.449. The molecule has 98 valence electrons. The van der Waals surface area contributed by atoms with Crippen molar-refractivity contribution in [3.63, 3.8) is 0 Å². The van der Waals surface area contributed by atoms with Gasteiger partial charge in [-0.3, -0.25) is 0 Å². The topological polar surface area (TPSA) is 60.9 Å². The third kappa shape index (κ3) is 2.68. The summed E-state index contributed by atoms with van der Waals surface area (Å²) in [5.74, 6) is 0. The highest BCUT2D eigenvalue weighted by Crippen LogP contribution is 2.17. The number of nitrogens with zero attached hydrogens (tertiary/aromatic N) is 1. The molecule has 1 atom stereocenters. The van der Waals surface area contributed by atoms with Crippen LogP contribution in [0.5, 0.6) is 0 Å². The normalized spacial score (nSPS) is 12.9. The van der Waals surface area contributed by atoms with Crippen molar-refractivity contribution in [1.29, 1.82) is 0 Å². The van der Waals surface area contributed by atoms with E-state index in [9.17, 15) is 5.11 Å². The fraction of sp³-hybridized carbons (Fsp3) is 0.214. The van der Waals surface area contributed by atoms with Crippen molar-refractivity contribution in [2.75, 3.05) is 6.54 Å². The van der Waals surface area contributed by atoms with Crippen LogP contribution in [0.2, 0.25) is 0 Å². The van der Waals surface area contributed by atoms with Crippen LogP contribution in [0.25, 0.3) is 11.0 Å². The lowest BCUT2D eigenvalue weighted by molar-refractivity contribution is 0.175. The zero-order valence-corrected chi connectivity index (χ0v) is 11.2. The molecule has 3 rings (SSSR count). The summed E-state index contributed by atoms with van der Waals surface area (Å²) in [7, 11) is 0. The number of aromatic amines is 1. The van der Waals surface area contributed by atoms with Gasteiger partial charge in [-0.1, -0.05) is 0 Å². The number of pyridine rings is 1. The third-order valence-electron chi connectivity index (χ3n) is 3.12. The van der Waals surface area contributed by atoms with E-state index in [1.807, 2.05) is 35.2 Å². The second-order valence-corrected chi connectivity index (χ2v) is 5.20. The Labute approximate surface area is 115 Å². The Bertz CT molecular complexity index is 648.